The lowest BCUT2D eigenvalue weighted by molar-refractivity contribution is -0.128. The maximum Gasteiger partial charge on any atom is 0.319 e. The van der Waals surface area contributed by atoms with E-state index in [9.17, 15) is 9.59 Å². The minimum absolute atomic E-state index is 0.0333. The van der Waals surface area contributed by atoms with Crippen molar-refractivity contribution in [2.75, 3.05) is 26.0 Å². The number of urea groups is 1. The minimum Gasteiger partial charge on any atom is -0.440 e. The van der Waals surface area contributed by atoms with E-state index in [2.05, 4.69) is 15.6 Å². The Bertz CT molecular complexity index is 744. The molecule has 0 atom stereocenters. The molecule has 0 fully saturated rings. The van der Waals surface area contributed by atoms with Crippen molar-refractivity contribution in [3.63, 3.8) is 0 Å². The number of aromatic nitrogens is 1. The highest BCUT2D eigenvalue weighted by molar-refractivity contribution is 5.91. The van der Waals surface area contributed by atoms with Crippen LogP contribution in [0.4, 0.5) is 10.5 Å². The van der Waals surface area contributed by atoms with Crippen LogP contribution in [0.2, 0.25) is 0 Å². The fourth-order valence-corrected chi connectivity index (χ4v) is 2.01. The third kappa shape index (κ3) is 4.47. The average Bonchev–Trinajstić information content (AvgIpc) is 2.90. The van der Waals surface area contributed by atoms with E-state index in [0.29, 0.717) is 22.7 Å². The SMILES string of the molecule is CN(C)C(=O)CCNC(=O)Nc1ccc2oc(C(C)(C)C)nc2c1. The molecule has 0 aliphatic rings. The van der Waals surface area contributed by atoms with Crippen LogP contribution in [-0.2, 0) is 10.2 Å². The molecule has 130 valence electrons. The van der Waals surface area contributed by atoms with Gasteiger partial charge in [0.05, 0.1) is 0 Å². The summed E-state index contributed by atoms with van der Waals surface area (Å²) in [6.45, 7) is 6.36. The van der Waals surface area contributed by atoms with E-state index in [-0.39, 0.29) is 30.3 Å². The van der Waals surface area contributed by atoms with Gasteiger partial charge in [0.25, 0.3) is 0 Å². The van der Waals surface area contributed by atoms with Crippen molar-refractivity contribution in [3.8, 4) is 0 Å². The summed E-state index contributed by atoms with van der Waals surface area (Å²) in [5.41, 5.74) is 1.82. The standard InChI is InChI=1S/C17H24N4O3/c1-17(2,3)15-20-12-10-11(6-7-13(12)24-15)19-16(23)18-9-8-14(22)21(4)5/h6-7,10H,8-9H2,1-5H3,(H2,18,19,23). The Kier molecular flexibility index (Phi) is 5.11. The normalized spacial score (nSPS) is 11.4. The average molecular weight is 332 g/mol. The third-order valence-corrected chi connectivity index (χ3v) is 3.41. The largest absolute Gasteiger partial charge is 0.440 e. The topological polar surface area (TPSA) is 87.5 Å². The monoisotopic (exact) mass is 332 g/mol. The summed E-state index contributed by atoms with van der Waals surface area (Å²) in [5, 5.41) is 5.38. The second kappa shape index (κ2) is 6.90. The first kappa shape index (κ1) is 17.8. The number of hydrogen-bond acceptors (Lipinski definition) is 4. The number of anilines is 1. The molecule has 2 N–H and O–H groups in total. The summed E-state index contributed by atoms with van der Waals surface area (Å²) in [6.07, 6.45) is 0.262. The zero-order valence-corrected chi connectivity index (χ0v) is 14.8. The minimum atomic E-state index is -0.361. The van der Waals surface area contributed by atoms with Gasteiger partial charge in [0.2, 0.25) is 11.8 Å². The lowest BCUT2D eigenvalue weighted by atomic mass is 9.97. The summed E-state index contributed by atoms with van der Waals surface area (Å²) >= 11 is 0. The van der Waals surface area contributed by atoms with E-state index in [1.54, 1.807) is 32.3 Å². The number of hydrogen-bond donors (Lipinski definition) is 2. The number of benzene rings is 1. The van der Waals surface area contributed by atoms with E-state index >= 15 is 0 Å². The van der Waals surface area contributed by atoms with E-state index in [4.69, 9.17) is 4.42 Å². The van der Waals surface area contributed by atoms with Crippen molar-refractivity contribution in [3.05, 3.63) is 24.1 Å². The molecule has 0 saturated carbocycles. The van der Waals surface area contributed by atoms with Crippen LogP contribution in [0.3, 0.4) is 0 Å². The lowest BCUT2D eigenvalue weighted by Gasteiger charge is -2.11. The highest BCUT2D eigenvalue weighted by Crippen LogP contribution is 2.27. The Morgan fingerprint density at radius 2 is 1.96 bits per heavy atom. The number of carbonyl (C=O) groups is 2. The van der Waals surface area contributed by atoms with Crippen molar-refractivity contribution < 1.29 is 14.0 Å². The van der Waals surface area contributed by atoms with Gasteiger partial charge in [0, 0.05) is 38.2 Å². The molecule has 0 unspecified atom stereocenters. The number of fused-ring (bicyclic) bond motifs is 1. The van der Waals surface area contributed by atoms with Crippen molar-refractivity contribution in [1.29, 1.82) is 0 Å². The second-order valence-corrected chi connectivity index (χ2v) is 6.87. The third-order valence-electron chi connectivity index (χ3n) is 3.41. The molecular formula is C17H24N4O3. The summed E-state index contributed by atoms with van der Waals surface area (Å²) in [5.74, 6) is 0.621. The highest BCUT2D eigenvalue weighted by atomic mass is 16.3. The van der Waals surface area contributed by atoms with Gasteiger partial charge in [-0.25, -0.2) is 9.78 Å². The first-order valence-corrected chi connectivity index (χ1v) is 7.83. The fraction of sp³-hybridized carbons (Fsp3) is 0.471. The molecule has 0 radical (unpaired) electrons. The quantitative estimate of drug-likeness (QED) is 0.901. The molecule has 0 aliphatic heterocycles. The van der Waals surface area contributed by atoms with Crippen LogP contribution in [0, 0.1) is 0 Å². The molecule has 0 aliphatic carbocycles. The van der Waals surface area contributed by atoms with Crippen LogP contribution in [0.15, 0.2) is 22.6 Å². The van der Waals surface area contributed by atoms with E-state index in [1.165, 1.54) is 4.90 Å². The van der Waals surface area contributed by atoms with Crippen LogP contribution in [0.1, 0.15) is 33.1 Å². The number of nitrogens with zero attached hydrogens (tertiary/aromatic N) is 2. The van der Waals surface area contributed by atoms with E-state index < -0.39 is 0 Å². The number of oxazole rings is 1. The molecule has 2 rings (SSSR count). The number of carbonyl (C=O) groups excluding carboxylic acids is 2. The molecule has 7 heteroatoms. The molecule has 7 nitrogen and oxygen atoms in total. The molecule has 0 spiro atoms. The van der Waals surface area contributed by atoms with E-state index in [0.717, 1.165) is 0 Å². The molecule has 0 saturated heterocycles. The van der Waals surface area contributed by atoms with E-state index in [1.807, 2.05) is 20.8 Å². The highest BCUT2D eigenvalue weighted by Gasteiger charge is 2.21. The smallest absolute Gasteiger partial charge is 0.319 e. The Morgan fingerprint density at radius 3 is 2.58 bits per heavy atom. The molecular weight excluding hydrogens is 308 g/mol. The first-order valence-electron chi connectivity index (χ1n) is 7.83. The van der Waals surface area contributed by atoms with Gasteiger partial charge in [0.1, 0.15) is 5.52 Å². The predicted molar refractivity (Wildman–Crippen MR) is 93.0 cm³/mol. The van der Waals surface area contributed by atoms with Crippen LogP contribution < -0.4 is 10.6 Å². The predicted octanol–water partition coefficient (Wildman–Crippen LogP) is 2.73. The Labute approximate surface area is 141 Å². The summed E-state index contributed by atoms with van der Waals surface area (Å²) in [4.78, 5) is 29.3. The van der Waals surface area contributed by atoms with Gasteiger partial charge < -0.3 is 20.0 Å². The van der Waals surface area contributed by atoms with Crippen LogP contribution >= 0.6 is 0 Å². The van der Waals surface area contributed by atoms with Crippen molar-refractivity contribution in [1.82, 2.24) is 15.2 Å². The molecule has 2 aromatic rings. The maximum atomic E-state index is 11.9. The maximum absolute atomic E-state index is 11.9. The molecule has 1 aromatic carbocycles. The van der Waals surface area contributed by atoms with Gasteiger partial charge in [-0.15, -0.1) is 0 Å². The Balaban J connectivity index is 1.97. The van der Waals surface area contributed by atoms with Crippen LogP contribution in [0.25, 0.3) is 11.1 Å². The van der Waals surface area contributed by atoms with Crippen LogP contribution in [-0.4, -0.2) is 42.5 Å². The number of nitrogens with one attached hydrogen (secondary N) is 2. The van der Waals surface area contributed by atoms with Crippen molar-refractivity contribution in [2.45, 2.75) is 32.6 Å². The zero-order valence-electron chi connectivity index (χ0n) is 14.8. The summed E-state index contributed by atoms with van der Waals surface area (Å²) in [6, 6.07) is 4.94. The number of amides is 3. The van der Waals surface area contributed by atoms with Gasteiger partial charge in [-0.1, -0.05) is 20.8 Å². The molecule has 0 bridgehead atoms. The number of rotatable bonds is 4. The second-order valence-electron chi connectivity index (χ2n) is 6.87. The van der Waals surface area contributed by atoms with Gasteiger partial charge in [-0.05, 0) is 18.2 Å². The Morgan fingerprint density at radius 1 is 1.25 bits per heavy atom. The van der Waals surface area contributed by atoms with Crippen molar-refractivity contribution >= 4 is 28.7 Å². The molecule has 24 heavy (non-hydrogen) atoms. The summed E-state index contributed by atoms with van der Waals surface area (Å²) in [7, 11) is 3.36. The summed E-state index contributed by atoms with van der Waals surface area (Å²) < 4.78 is 5.72. The lowest BCUT2D eigenvalue weighted by Crippen LogP contribution is -2.33. The van der Waals surface area contributed by atoms with Crippen molar-refractivity contribution in [2.24, 2.45) is 0 Å². The van der Waals surface area contributed by atoms with Crippen LogP contribution in [0.5, 0.6) is 0 Å². The zero-order chi connectivity index (χ0) is 17.9. The van der Waals surface area contributed by atoms with Gasteiger partial charge in [-0.2, -0.15) is 0 Å². The Hall–Kier alpha value is -2.57. The van der Waals surface area contributed by atoms with Gasteiger partial charge in [-0.3, -0.25) is 4.79 Å². The molecule has 3 amide bonds. The fourth-order valence-electron chi connectivity index (χ4n) is 2.01. The van der Waals surface area contributed by atoms with Gasteiger partial charge in [0.15, 0.2) is 5.58 Å². The molecule has 1 heterocycles. The van der Waals surface area contributed by atoms with Gasteiger partial charge >= 0.3 is 6.03 Å². The first-order chi connectivity index (χ1) is 11.2. The molecule has 1 aromatic heterocycles.